The molecule has 0 spiro atoms. The lowest BCUT2D eigenvalue weighted by molar-refractivity contribution is -0.883. The van der Waals surface area contributed by atoms with E-state index in [1.165, 1.54) is 4.90 Å². The molecule has 5 heteroatoms. The van der Waals surface area contributed by atoms with E-state index in [1.807, 2.05) is 35.2 Å². The number of quaternary nitrogens is 1. The molecule has 1 aliphatic rings. The van der Waals surface area contributed by atoms with Gasteiger partial charge in [-0.2, -0.15) is 0 Å². The molecule has 21 heavy (non-hydrogen) atoms. The molecule has 2 heterocycles. The van der Waals surface area contributed by atoms with Crippen LogP contribution in [0.3, 0.4) is 0 Å². The summed E-state index contributed by atoms with van der Waals surface area (Å²) < 4.78 is 6.76. The van der Waals surface area contributed by atoms with Crippen LogP contribution >= 0.6 is 15.9 Å². The molecule has 110 valence electrons. The lowest BCUT2D eigenvalue weighted by atomic mass is 10.2. The molecule has 1 aromatic carbocycles. The Morgan fingerprint density at radius 2 is 1.81 bits per heavy atom. The van der Waals surface area contributed by atoms with Crippen molar-refractivity contribution in [2.24, 2.45) is 0 Å². The van der Waals surface area contributed by atoms with Crippen molar-refractivity contribution in [3.8, 4) is 11.3 Å². The Labute approximate surface area is 132 Å². The van der Waals surface area contributed by atoms with Crippen molar-refractivity contribution in [2.75, 3.05) is 33.2 Å². The second-order valence-corrected chi connectivity index (χ2v) is 6.34. The van der Waals surface area contributed by atoms with Crippen LogP contribution in [0.5, 0.6) is 0 Å². The molecule has 0 atom stereocenters. The lowest BCUT2D eigenvalue weighted by Crippen LogP contribution is -3.12. The van der Waals surface area contributed by atoms with Crippen molar-refractivity contribution >= 4 is 21.8 Å². The highest BCUT2D eigenvalue weighted by Crippen LogP contribution is 2.24. The molecule has 3 rings (SSSR count). The fourth-order valence-corrected chi connectivity index (χ4v) is 2.73. The number of halogens is 1. The van der Waals surface area contributed by atoms with Gasteiger partial charge in [0.2, 0.25) is 0 Å². The fourth-order valence-electron chi connectivity index (χ4n) is 2.47. The standard InChI is InChI=1S/C16H17BrN2O2/c1-18-8-10-19(11-9-18)16(20)15-7-6-14(21-15)12-2-4-13(17)5-3-12/h2-7H,8-11H2,1H3/p+1. The summed E-state index contributed by atoms with van der Waals surface area (Å²) in [6, 6.07) is 11.5. The van der Waals surface area contributed by atoms with Crippen LogP contribution in [0.25, 0.3) is 11.3 Å². The first-order chi connectivity index (χ1) is 10.1. The summed E-state index contributed by atoms with van der Waals surface area (Å²) in [5, 5.41) is 0. The molecule has 1 saturated heterocycles. The maximum absolute atomic E-state index is 12.4. The molecule has 0 aliphatic carbocycles. The van der Waals surface area contributed by atoms with E-state index in [-0.39, 0.29) is 5.91 Å². The van der Waals surface area contributed by atoms with Gasteiger partial charge >= 0.3 is 0 Å². The van der Waals surface area contributed by atoms with E-state index in [9.17, 15) is 4.79 Å². The van der Waals surface area contributed by atoms with Gasteiger partial charge in [0, 0.05) is 10.0 Å². The van der Waals surface area contributed by atoms with Crippen LogP contribution in [-0.4, -0.2) is 44.0 Å². The van der Waals surface area contributed by atoms with Gasteiger partial charge in [-0.05, 0) is 24.3 Å². The van der Waals surface area contributed by atoms with Crippen LogP contribution in [0.15, 0.2) is 45.3 Å². The van der Waals surface area contributed by atoms with Gasteiger partial charge in [0.1, 0.15) is 5.76 Å². The first-order valence-electron chi connectivity index (χ1n) is 7.10. The molecule has 0 radical (unpaired) electrons. The Kier molecular flexibility index (Phi) is 4.12. The van der Waals surface area contributed by atoms with Crippen LogP contribution in [0, 0.1) is 0 Å². The molecular formula is C16H18BrN2O2+. The third kappa shape index (κ3) is 3.19. The molecular weight excluding hydrogens is 332 g/mol. The predicted octanol–water partition coefficient (Wildman–Crippen LogP) is 1.68. The molecule has 1 aliphatic heterocycles. The topological polar surface area (TPSA) is 37.9 Å². The molecule has 1 aromatic heterocycles. The summed E-state index contributed by atoms with van der Waals surface area (Å²) in [5.41, 5.74) is 0.972. The molecule has 0 bridgehead atoms. The van der Waals surface area contributed by atoms with E-state index in [1.54, 1.807) is 6.07 Å². The second kappa shape index (κ2) is 6.03. The maximum atomic E-state index is 12.4. The summed E-state index contributed by atoms with van der Waals surface area (Å²) in [5.74, 6) is 1.14. The zero-order valence-electron chi connectivity index (χ0n) is 11.9. The number of hydrogen-bond acceptors (Lipinski definition) is 2. The van der Waals surface area contributed by atoms with Gasteiger partial charge in [-0.3, -0.25) is 4.79 Å². The largest absolute Gasteiger partial charge is 0.451 e. The Balaban J connectivity index is 1.75. The number of nitrogens with zero attached hydrogens (tertiary/aromatic N) is 1. The van der Waals surface area contributed by atoms with Crippen LogP contribution in [0.2, 0.25) is 0 Å². The number of furan rings is 1. The first kappa shape index (κ1) is 14.4. The maximum Gasteiger partial charge on any atom is 0.289 e. The number of hydrogen-bond donors (Lipinski definition) is 1. The number of benzene rings is 1. The smallest absolute Gasteiger partial charge is 0.289 e. The molecule has 4 nitrogen and oxygen atoms in total. The fraction of sp³-hybridized carbons (Fsp3) is 0.312. The molecule has 2 aromatic rings. The highest BCUT2D eigenvalue weighted by Gasteiger charge is 2.24. The minimum atomic E-state index is -0.00846. The number of carbonyl (C=O) groups excluding carboxylic acids is 1. The van der Waals surface area contributed by atoms with Crippen molar-refractivity contribution in [3.05, 3.63) is 46.6 Å². The quantitative estimate of drug-likeness (QED) is 0.895. The number of likely N-dealkylation sites (N-methyl/N-ethyl adjacent to an activating group) is 1. The minimum Gasteiger partial charge on any atom is -0.451 e. The van der Waals surface area contributed by atoms with Crippen molar-refractivity contribution in [1.29, 1.82) is 0 Å². The number of carbonyl (C=O) groups is 1. The Morgan fingerprint density at radius 3 is 2.48 bits per heavy atom. The third-order valence-electron chi connectivity index (χ3n) is 3.85. The molecule has 1 fully saturated rings. The number of rotatable bonds is 2. The van der Waals surface area contributed by atoms with Crippen molar-refractivity contribution in [1.82, 2.24) is 4.90 Å². The second-order valence-electron chi connectivity index (χ2n) is 5.42. The van der Waals surface area contributed by atoms with E-state index in [4.69, 9.17) is 4.42 Å². The Morgan fingerprint density at radius 1 is 1.14 bits per heavy atom. The molecule has 0 unspecified atom stereocenters. The van der Waals surface area contributed by atoms with Gasteiger partial charge in [0.15, 0.2) is 5.76 Å². The van der Waals surface area contributed by atoms with Crippen LogP contribution in [-0.2, 0) is 0 Å². The Bertz CT molecular complexity index is 628. The predicted molar refractivity (Wildman–Crippen MR) is 84.4 cm³/mol. The van der Waals surface area contributed by atoms with E-state index in [0.717, 1.165) is 42.0 Å². The zero-order chi connectivity index (χ0) is 14.8. The van der Waals surface area contributed by atoms with Crippen LogP contribution < -0.4 is 4.90 Å². The third-order valence-corrected chi connectivity index (χ3v) is 4.38. The summed E-state index contributed by atoms with van der Waals surface area (Å²) >= 11 is 3.41. The number of piperazine rings is 1. The van der Waals surface area contributed by atoms with Gasteiger partial charge in [0.25, 0.3) is 5.91 Å². The average molecular weight is 350 g/mol. The van der Waals surface area contributed by atoms with Gasteiger partial charge in [-0.1, -0.05) is 28.1 Å². The summed E-state index contributed by atoms with van der Waals surface area (Å²) in [6.45, 7) is 3.57. The highest BCUT2D eigenvalue weighted by molar-refractivity contribution is 9.10. The summed E-state index contributed by atoms with van der Waals surface area (Å²) in [6.07, 6.45) is 0. The van der Waals surface area contributed by atoms with E-state index < -0.39 is 0 Å². The van der Waals surface area contributed by atoms with Crippen LogP contribution in [0.4, 0.5) is 0 Å². The van der Waals surface area contributed by atoms with Crippen molar-refractivity contribution < 1.29 is 14.1 Å². The van der Waals surface area contributed by atoms with Gasteiger partial charge in [0.05, 0.1) is 33.2 Å². The summed E-state index contributed by atoms with van der Waals surface area (Å²) in [4.78, 5) is 15.8. The molecule has 1 amide bonds. The van der Waals surface area contributed by atoms with Gasteiger partial charge in [-0.25, -0.2) is 0 Å². The number of amides is 1. The molecule has 0 saturated carbocycles. The monoisotopic (exact) mass is 349 g/mol. The SMILES string of the molecule is C[NH+]1CCN(C(=O)c2ccc(-c3ccc(Br)cc3)o2)CC1. The van der Waals surface area contributed by atoms with E-state index in [2.05, 4.69) is 23.0 Å². The van der Waals surface area contributed by atoms with Gasteiger partial charge in [-0.15, -0.1) is 0 Å². The van der Waals surface area contributed by atoms with Gasteiger partial charge < -0.3 is 14.2 Å². The normalized spacial score (nSPS) is 16.2. The Hall–Kier alpha value is -1.59. The number of nitrogens with one attached hydrogen (secondary N) is 1. The summed E-state index contributed by atoms with van der Waals surface area (Å²) in [7, 11) is 2.15. The average Bonchev–Trinajstić information content (AvgIpc) is 2.98. The van der Waals surface area contributed by atoms with E-state index in [0.29, 0.717) is 5.76 Å². The lowest BCUT2D eigenvalue weighted by Gasteiger charge is -2.29. The first-order valence-corrected chi connectivity index (χ1v) is 7.89. The van der Waals surface area contributed by atoms with Crippen molar-refractivity contribution in [3.63, 3.8) is 0 Å². The van der Waals surface area contributed by atoms with Crippen LogP contribution in [0.1, 0.15) is 10.6 Å². The van der Waals surface area contributed by atoms with E-state index >= 15 is 0 Å². The van der Waals surface area contributed by atoms with Crippen molar-refractivity contribution in [2.45, 2.75) is 0 Å². The zero-order valence-corrected chi connectivity index (χ0v) is 13.5. The minimum absolute atomic E-state index is 0.00846. The highest BCUT2D eigenvalue weighted by atomic mass is 79.9. The molecule has 1 N–H and O–H groups in total.